The third-order valence-corrected chi connectivity index (χ3v) is 5.91. The van der Waals surface area contributed by atoms with Crippen molar-refractivity contribution < 1.29 is 9.50 Å². The molecule has 0 amide bonds. The van der Waals surface area contributed by atoms with Crippen LogP contribution in [0.25, 0.3) is 11.3 Å². The zero-order valence-corrected chi connectivity index (χ0v) is 16.9. The monoisotopic (exact) mass is 400 g/mol. The van der Waals surface area contributed by atoms with Gasteiger partial charge in [0.15, 0.2) is 5.82 Å². The molecule has 8 heteroatoms. The molecule has 3 heterocycles. The lowest BCUT2D eigenvalue weighted by molar-refractivity contribution is 0.0592. The molecule has 0 unspecified atom stereocenters. The fourth-order valence-electron chi connectivity index (χ4n) is 4.20. The number of aromatic nitrogens is 2. The largest absolute Gasteiger partial charge is 0.507 e. The Bertz CT molecular complexity index is 834. The van der Waals surface area contributed by atoms with Crippen LogP contribution in [0.2, 0.25) is 0 Å². The summed E-state index contributed by atoms with van der Waals surface area (Å²) in [5.74, 6) is 0.892. The number of piperidine rings is 1. The second-order valence-electron chi connectivity index (χ2n) is 7.89. The topological polar surface area (TPSA) is 76.6 Å². The molecule has 0 aliphatic carbocycles. The van der Waals surface area contributed by atoms with Gasteiger partial charge in [0.05, 0.1) is 11.4 Å². The Labute approximate surface area is 170 Å². The van der Waals surface area contributed by atoms with Gasteiger partial charge in [-0.25, -0.2) is 4.39 Å². The van der Waals surface area contributed by atoms with E-state index in [1.165, 1.54) is 0 Å². The van der Waals surface area contributed by atoms with Gasteiger partial charge in [0, 0.05) is 45.3 Å². The summed E-state index contributed by atoms with van der Waals surface area (Å²) in [5.41, 5.74) is 1.18. The third-order valence-electron chi connectivity index (χ3n) is 5.91. The lowest BCUT2D eigenvalue weighted by Gasteiger charge is -2.40. The summed E-state index contributed by atoms with van der Waals surface area (Å²) in [6.45, 7) is 5.27. The summed E-state index contributed by atoms with van der Waals surface area (Å²) < 4.78 is 15.0. The highest BCUT2D eigenvalue weighted by Crippen LogP contribution is 2.33. The van der Waals surface area contributed by atoms with Crippen molar-refractivity contribution in [2.75, 3.05) is 63.1 Å². The minimum absolute atomic E-state index is 0.185. The molecule has 0 radical (unpaired) electrons. The van der Waals surface area contributed by atoms with Gasteiger partial charge < -0.3 is 20.6 Å². The van der Waals surface area contributed by atoms with Crippen molar-refractivity contribution in [3.05, 3.63) is 30.3 Å². The second-order valence-corrected chi connectivity index (χ2v) is 7.89. The fourth-order valence-corrected chi connectivity index (χ4v) is 4.20. The van der Waals surface area contributed by atoms with Gasteiger partial charge in [0.2, 0.25) is 0 Å². The fraction of sp³-hybridized carbons (Fsp3) is 0.524. The highest BCUT2D eigenvalue weighted by molar-refractivity contribution is 5.75. The third kappa shape index (κ3) is 4.43. The van der Waals surface area contributed by atoms with Crippen LogP contribution in [0.1, 0.15) is 12.8 Å². The Morgan fingerprint density at radius 3 is 2.55 bits per heavy atom. The van der Waals surface area contributed by atoms with Crippen LogP contribution in [0, 0.1) is 0 Å². The highest BCUT2D eigenvalue weighted by atomic mass is 19.1. The number of anilines is 2. The quantitative estimate of drug-likeness (QED) is 0.710. The molecule has 7 nitrogen and oxygen atoms in total. The van der Waals surface area contributed by atoms with E-state index < -0.39 is 5.67 Å². The Balaban J connectivity index is 1.47. The van der Waals surface area contributed by atoms with Crippen molar-refractivity contribution in [3.63, 3.8) is 0 Å². The number of phenols is 1. The first kappa shape index (κ1) is 19.8. The van der Waals surface area contributed by atoms with Crippen molar-refractivity contribution in [3.8, 4) is 17.0 Å². The van der Waals surface area contributed by atoms with Crippen molar-refractivity contribution in [1.82, 2.24) is 20.4 Å². The Hall–Kier alpha value is -2.45. The molecule has 0 saturated carbocycles. The molecular weight excluding hydrogens is 371 g/mol. The molecule has 0 spiro atoms. The van der Waals surface area contributed by atoms with E-state index in [2.05, 4.69) is 30.6 Å². The van der Waals surface area contributed by atoms with E-state index in [4.69, 9.17) is 0 Å². The number of phenolic OH excluding ortho intramolecular Hbond substituents is 1. The van der Waals surface area contributed by atoms with Crippen LogP contribution in [0.3, 0.4) is 0 Å². The van der Waals surface area contributed by atoms with Gasteiger partial charge in [-0.15, -0.1) is 10.2 Å². The first-order valence-corrected chi connectivity index (χ1v) is 10.3. The van der Waals surface area contributed by atoms with Crippen LogP contribution in [0.4, 0.5) is 15.9 Å². The summed E-state index contributed by atoms with van der Waals surface area (Å²) in [7, 11) is 1.83. The Morgan fingerprint density at radius 2 is 1.86 bits per heavy atom. The van der Waals surface area contributed by atoms with Crippen LogP contribution < -0.4 is 15.5 Å². The van der Waals surface area contributed by atoms with Gasteiger partial charge in [-0.2, -0.15) is 0 Å². The Morgan fingerprint density at radius 1 is 1.14 bits per heavy atom. The minimum Gasteiger partial charge on any atom is -0.507 e. The molecule has 2 saturated heterocycles. The van der Waals surface area contributed by atoms with E-state index in [0.29, 0.717) is 36.5 Å². The van der Waals surface area contributed by atoms with Gasteiger partial charge in [-0.05, 0) is 44.1 Å². The maximum Gasteiger partial charge on any atom is 0.172 e. The lowest BCUT2D eigenvalue weighted by Crippen LogP contribution is -2.53. The predicted molar refractivity (Wildman–Crippen MR) is 113 cm³/mol. The van der Waals surface area contributed by atoms with E-state index >= 15 is 4.39 Å². The van der Waals surface area contributed by atoms with E-state index in [1.54, 1.807) is 12.1 Å². The van der Waals surface area contributed by atoms with E-state index in [1.807, 2.05) is 25.2 Å². The smallest absolute Gasteiger partial charge is 0.172 e. The van der Waals surface area contributed by atoms with Crippen molar-refractivity contribution >= 4 is 11.5 Å². The average Bonchev–Trinajstić information content (AvgIpc) is 2.74. The first-order chi connectivity index (χ1) is 14.1. The van der Waals surface area contributed by atoms with Crippen LogP contribution in [-0.2, 0) is 0 Å². The molecule has 4 rings (SSSR count). The molecule has 0 atom stereocenters. The standard InChI is InChI=1S/C21H29FN6O/c1-23-20-18(14-17(25-26-20)16-4-2-3-5-19(16)29)28-12-10-27(11-13-28)15-21(22)6-8-24-9-7-21/h2-5,14,24,29H,6-13,15H2,1H3,(H,23,26). The summed E-state index contributed by atoms with van der Waals surface area (Å²) >= 11 is 0. The van der Waals surface area contributed by atoms with Gasteiger partial charge in [-0.1, -0.05) is 12.1 Å². The molecular formula is C21H29FN6O. The molecule has 2 aliphatic rings. The molecule has 2 fully saturated rings. The molecule has 2 aromatic rings. The maximum absolute atomic E-state index is 15.0. The summed E-state index contributed by atoms with van der Waals surface area (Å²) in [6.07, 6.45) is 1.19. The number of rotatable bonds is 5. The normalized spacial score (nSPS) is 19.9. The number of hydrogen-bond donors (Lipinski definition) is 3. The van der Waals surface area contributed by atoms with Crippen LogP contribution in [0.5, 0.6) is 5.75 Å². The number of nitrogens with one attached hydrogen (secondary N) is 2. The lowest BCUT2D eigenvalue weighted by atomic mass is 9.93. The molecule has 3 N–H and O–H groups in total. The second kappa shape index (κ2) is 8.51. The highest BCUT2D eigenvalue weighted by Gasteiger charge is 2.34. The molecule has 156 valence electrons. The number of hydrogen-bond acceptors (Lipinski definition) is 7. The first-order valence-electron chi connectivity index (χ1n) is 10.3. The van der Waals surface area contributed by atoms with Gasteiger partial charge >= 0.3 is 0 Å². The SMILES string of the molecule is CNc1nnc(-c2ccccc2O)cc1N1CCN(CC2(F)CCNCC2)CC1. The predicted octanol–water partition coefficient (Wildman–Crippen LogP) is 2.10. The molecule has 0 bridgehead atoms. The number of aromatic hydroxyl groups is 1. The maximum atomic E-state index is 15.0. The van der Waals surface area contributed by atoms with Crippen molar-refractivity contribution in [2.24, 2.45) is 0 Å². The van der Waals surface area contributed by atoms with Gasteiger partial charge in [0.25, 0.3) is 0 Å². The van der Waals surface area contributed by atoms with E-state index in [9.17, 15) is 5.11 Å². The number of nitrogens with zero attached hydrogens (tertiary/aromatic N) is 4. The van der Waals surface area contributed by atoms with Gasteiger partial charge in [0.1, 0.15) is 11.4 Å². The molecule has 2 aliphatic heterocycles. The number of benzene rings is 1. The molecule has 29 heavy (non-hydrogen) atoms. The zero-order valence-electron chi connectivity index (χ0n) is 16.9. The van der Waals surface area contributed by atoms with E-state index in [-0.39, 0.29) is 5.75 Å². The van der Waals surface area contributed by atoms with Gasteiger partial charge in [-0.3, -0.25) is 4.90 Å². The average molecular weight is 401 g/mol. The number of para-hydroxylation sites is 1. The number of halogens is 1. The molecule has 1 aromatic heterocycles. The van der Waals surface area contributed by atoms with Crippen molar-refractivity contribution in [2.45, 2.75) is 18.5 Å². The zero-order chi connectivity index (χ0) is 20.3. The van der Waals surface area contributed by atoms with Crippen molar-refractivity contribution in [1.29, 1.82) is 0 Å². The Kier molecular flexibility index (Phi) is 5.82. The summed E-state index contributed by atoms with van der Waals surface area (Å²) in [5, 5.41) is 25.1. The van der Waals surface area contributed by atoms with Crippen LogP contribution >= 0.6 is 0 Å². The van der Waals surface area contributed by atoms with Crippen LogP contribution in [0.15, 0.2) is 30.3 Å². The van der Waals surface area contributed by atoms with E-state index in [0.717, 1.165) is 45.0 Å². The van der Waals surface area contributed by atoms with Crippen LogP contribution in [-0.4, -0.2) is 78.7 Å². The number of alkyl halides is 1. The summed E-state index contributed by atoms with van der Waals surface area (Å²) in [6, 6.07) is 9.10. The molecule has 1 aromatic carbocycles. The summed E-state index contributed by atoms with van der Waals surface area (Å²) in [4.78, 5) is 4.49. The minimum atomic E-state index is -1.07. The number of piperazine rings is 1.